The van der Waals surface area contributed by atoms with Crippen LogP contribution < -0.4 is 0 Å². The molecule has 94 valence electrons. The molecule has 0 bridgehead atoms. The van der Waals surface area contributed by atoms with Crippen LogP contribution in [0.3, 0.4) is 0 Å². The fourth-order valence-corrected chi connectivity index (χ4v) is 3.52. The van der Waals surface area contributed by atoms with Gasteiger partial charge in [-0.1, -0.05) is 35.4 Å². The van der Waals surface area contributed by atoms with Crippen LogP contribution in [-0.4, -0.2) is 11.5 Å². The lowest BCUT2D eigenvalue weighted by Crippen LogP contribution is -1.99. The number of thiophene rings is 1. The molecule has 1 aromatic heterocycles. The molecule has 0 spiro atoms. The molecule has 3 heteroatoms. The molecule has 0 aliphatic rings. The molecule has 0 amide bonds. The Kier molecular flexibility index (Phi) is 4.61. The third-order valence-corrected chi connectivity index (χ3v) is 4.49. The zero-order chi connectivity index (χ0) is 13.0. The summed E-state index contributed by atoms with van der Waals surface area (Å²) in [6.07, 6.45) is 0. The first kappa shape index (κ1) is 13.4. The Labute approximate surface area is 116 Å². The van der Waals surface area contributed by atoms with E-state index in [1.54, 1.807) is 11.8 Å². The molecule has 0 saturated carbocycles. The maximum Gasteiger partial charge on any atom is 0.182 e. The van der Waals surface area contributed by atoms with Crippen LogP contribution in [0.25, 0.3) is 0 Å². The summed E-state index contributed by atoms with van der Waals surface area (Å²) in [6, 6.07) is 10.4. The number of rotatable bonds is 5. The van der Waals surface area contributed by atoms with Crippen molar-refractivity contribution < 1.29 is 4.79 Å². The summed E-state index contributed by atoms with van der Waals surface area (Å²) < 4.78 is 0. The minimum absolute atomic E-state index is 0.236. The lowest BCUT2D eigenvalue weighted by atomic mass is 10.1. The van der Waals surface area contributed by atoms with Crippen LogP contribution in [0.15, 0.2) is 35.7 Å². The molecule has 1 heterocycles. The van der Waals surface area contributed by atoms with E-state index >= 15 is 0 Å². The minimum atomic E-state index is 0.236. The second-order valence-corrected chi connectivity index (χ2v) is 6.32. The van der Waals surface area contributed by atoms with Gasteiger partial charge in [0, 0.05) is 5.75 Å². The monoisotopic (exact) mass is 276 g/mol. The highest BCUT2D eigenvalue weighted by Gasteiger charge is 2.06. The van der Waals surface area contributed by atoms with Crippen LogP contribution in [0.5, 0.6) is 0 Å². The molecule has 1 nitrogen and oxygen atoms in total. The van der Waals surface area contributed by atoms with Crippen molar-refractivity contribution in [2.45, 2.75) is 19.6 Å². The van der Waals surface area contributed by atoms with Gasteiger partial charge in [0.05, 0.1) is 10.6 Å². The second-order valence-electron chi connectivity index (χ2n) is 4.39. The van der Waals surface area contributed by atoms with Crippen molar-refractivity contribution >= 4 is 28.9 Å². The Morgan fingerprint density at radius 3 is 2.56 bits per heavy atom. The van der Waals surface area contributed by atoms with Crippen LogP contribution in [0.4, 0.5) is 0 Å². The van der Waals surface area contributed by atoms with Crippen LogP contribution in [-0.2, 0) is 5.75 Å². The van der Waals surface area contributed by atoms with Gasteiger partial charge in [-0.25, -0.2) is 0 Å². The van der Waals surface area contributed by atoms with Gasteiger partial charge in [-0.3, -0.25) is 4.79 Å². The quantitative estimate of drug-likeness (QED) is 0.749. The first-order valence-electron chi connectivity index (χ1n) is 5.87. The number of hydrogen-bond acceptors (Lipinski definition) is 3. The van der Waals surface area contributed by atoms with E-state index in [2.05, 4.69) is 32.0 Å². The predicted octanol–water partition coefficient (Wildman–Crippen LogP) is 4.48. The number of carbonyl (C=O) groups excluding carboxylic acids is 1. The van der Waals surface area contributed by atoms with Crippen molar-refractivity contribution in [3.05, 3.63) is 57.3 Å². The highest BCUT2D eigenvalue weighted by molar-refractivity contribution is 7.99. The van der Waals surface area contributed by atoms with Gasteiger partial charge >= 0.3 is 0 Å². The van der Waals surface area contributed by atoms with Gasteiger partial charge in [0.1, 0.15) is 0 Å². The van der Waals surface area contributed by atoms with E-state index in [4.69, 9.17) is 0 Å². The summed E-state index contributed by atoms with van der Waals surface area (Å²) in [5.41, 5.74) is 3.88. The van der Waals surface area contributed by atoms with Gasteiger partial charge in [0.15, 0.2) is 5.78 Å². The van der Waals surface area contributed by atoms with Crippen molar-refractivity contribution in [2.24, 2.45) is 0 Å². The van der Waals surface area contributed by atoms with Crippen molar-refractivity contribution in [3.8, 4) is 0 Å². The molecule has 0 aliphatic heterocycles. The number of benzene rings is 1. The van der Waals surface area contributed by atoms with E-state index in [0.717, 1.165) is 10.6 Å². The molecule has 0 atom stereocenters. The number of carbonyl (C=O) groups is 1. The average Bonchev–Trinajstić information content (AvgIpc) is 2.80. The lowest BCUT2D eigenvalue weighted by molar-refractivity contribution is 0.102. The molecule has 2 rings (SSSR count). The van der Waals surface area contributed by atoms with Crippen molar-refractivity contribution in [1.82, 2.24) is 0 Å². The molecule has 1 aromatic carbocycles. The summed E-state index contributed by atoms with van der Waals surface area (Å²) in [4.78, 5) is 12.7. The number of Topliss-reactive ketones (excluding diaryl/α,β-unsaturated/α-hetero) is 1. The highest BCUT2D eigenvalue weighted by Crippen LogP contribution is 2.18. The largest absolute Gasteiger partial charge is 0.292 e. The molecule has 0 aliphatic carbocycles. The zero-order valence-corrected chi connectivity index (χ0v) is 12.2. The number of thioether (sulfide) groups is 1. The molecule has 18 heavy (non-hydrogen) atoms. The number of ketones is 1. The molecule has 0 fully saturated rings. The van der Waals surface area contributed by atoms with Crippen LogP contribution in [0, 0.1) is 13.8 Å². The van der Waals surface area contributed by atoms with Crippen LogP contribution in [0.1, 0.15) is 26.4 Å². The second kappa shape index (κ2) is 6.21. The molecular weight excluding hydrogens is 260 g/mol. The normalized spacial score (nSPS) is 10.6. The summed E-state index contributed by atoms with van der Waals surface area (Å²) in [5, 5.41) is 1.95. The van der Waals surface area contributed by atoms with E-state index < -0.39 is 0 Å². The van der Waals surface area contributed by atoms with Gasteiger partial charge in [-0.05, 0) is 30.9 Å². The predicted molar refractivity (Wildman–Crippen MR) is 80.7 cm³/mol. The standard InChI is InChI=1S/C15H16OS2/c1-11-6-12(2)8-13(7-11)9-17-10-14(16)15-4-3-5-18-15/h3-8H,9-10H2,1-2H3. The van der Waals surface area contributed by atoms with Crippen molar-refractivity contribution in [3.63, 3.8) is 0 Å². The van der Waals surface area contributed by atoms with Gasteiger partial charge in [-0.15, -0.1) is 23.1 Å². The van der Waals surface area contributed by atoms with E-state index in [1.807, 2.05) is 17.5 Å². The number of hydrogen-bond donors (Lipinski definition) is 0. The van der Waals surface area contributed by atoms with Crippen LogP contribution in [0.2, 0.25) is 0 Å². The summed E-state index contributed by atoms with van der Waals surface area (Å²) in [5.74, 6) is 1.70. The highest BCUT2D eigenvalue weighted by atomic mass is 32.2. The molecular formula is C15H16OS2. The van der Waals surface area contributed by atoms with Gasteiger partial charge in [0.2, 0.25) is 0 Å². The molecule has 0 saturated heterocycles. The Balaban J connectivity index is 1.87. The average molecular weight is 276 g/mol. The third-order valence-electron chi connectivity index (χ3n) is 2.58. The zero-order valence-electron chi connectivity index (χ0n) is 10.6. The lowest BCUT2D eigenvalue weighted by Gasteiger charge is -2.04. The Bertz CT molecular complexity index is 509. The van der Waals surface area contributed by atoms with Gasteiger partial charge < -0.3 is 0 Å². The SMILES string of the molecule is Cc1cc(C)cc(CSCC(=O)c2cccs2)c1. The Morgan fingerprint density at radius 1 is 1.22 bits per heavy atom. The van der Waals surface area contributed by atoms with E-state index in [9.17, 15) is 4.79 Å². The van der Waals surface area contributed by atoms with E-state index in [0.29, 0.717) is 5.75 Å². The number of aryl methyl sites for hydroxylation is 2. The Hall–Kier alpha value is -1.06. The first-order valence-corrected chi connectivity index (χ1v) is 7.90. The fourth-order valence-electron chi connectivity index (χ4n) is 1.92. The van der Waals surface area contributed by atoms with Gasteiger partial charge in [-0.2, -0.15) is 0 Å². The summed E-state index contributed by atoms with van der Waals surface area (Å²) >= 11 is 3.21. The minimum Gasteiger partial charge on any atom is -0.292 e. The van der Waals surface area contributed by atoms with Crippen molar-refractivity contribution in [2.75, 3.05) is 5.75 Å². The maximum atomic E-state index is 11.8. The first-order chi connectivity index (χ1) is 8.65. The smallest absolute Gasteiger partial charge is 0.182 e. The molecule has 0 unspecified atom stereocenters. The molecule has 2 aromatic rings. The third kappa shape index (κ3) is 3.72. The fraction of sp³-hybridized carbons (Fsp3) is 0.267. The summed E-state index contributed by atoms with van der Waals surface area (Å²) in [6.45, 7) is 4.22. The van der Waals surface area contributed by atoms with Crippen LogP contribution >= 0.6 is 23.1 Å². The summed E-state index contributed by atoms with van der Waals surface area (Å²) in [7, 11) is 0. The van der Waals surface area contributed by atoms with Gasteiger partial charge in [0.25, 0.3) is 0 Å². The topological polar surface area (TPSA) is 17.1 Å². The van der Waals surface area contributed by atoms with Crippen molar-refractivity contribution in [1.29, 1.82) is 0 Å². The molecule has 0 N–H and O–H groups in total. The van der Waals surface area contributed by atoms with E-state index in [-0.39, 0.29) is 5.78 Å². The maximum absolute atomic E-state index is 11.8. The Morgan fingerprint density at radius 2 is 1.94 bits per heavy atom. The molecule has 0 radical (unpaired) electrons. The van der Waals surface area contributed by atoms with E-state index in [1.165, 1.54) is 28.0 Å².